The van der Waals surface area contributed by atoms with E-state index in [1.165, 1.54) is 18.4 Å². The monoisotopic (exact) mass is 280 g/mol. The molecular formula is C18H20N2O. The normalized spacial score (nSPS) is 20.8. The number of nitrogens with one attached hydrogen (secondary N) is 1. The maximum Gasteiger partial charge on any atom is 0.248 e. The van der Waals surface area contributed by atoms with Crippen LogP contribution in [0.2, 0.25) is 0 Å². The highest BCUT2D eigenvalue weighted by atomic mass is 16.1. The number of carbonyl (C=O) groups is 1. The zero-order chi connectivity index (χ0) is 14.7. The zero-order valence-corrected chi connectivity index (χ0v) is 12.0. The van der Waals surface area contributed by atoms with E-state index in [0.717, 1.165) is 12.1 Å². The first-order valence-corrected chi connectivity index (χ1v) is 7.39. The van der Waals surface area contributed by atoms with Crippen LogP contribution in [0.5, 0.6) is 0 Å². The minimum atomic E-state index is -0.371. The minimum Gasteiger partial charge on any atom is -0.366 e. The highest BCUT2D eigenvalue weighted by Crippen LogP contribution is 2.36. The Morgan fingerprint density at radius 2 is 1.86 bits per heavy atom. The van der Waals surface area contributed by atoms with Crippen molar-refractivity contribution in [1.82, 2.24) is 5.32 Å². The van der Waals surface area contributed by atoms with E-state index in [1.807, 2.05) is 18.2 Å². The van der Waals surface area contributed by atoms with Crippen LogP contribution in [0.4, 0.5) is 0 Å². The molecule has 1 saturated carbocycles. The van der Waals surface area contributed by atoms with Crippen LogP contribution in [0, 0.1) is 0 Å². The van der Waals surface area contributed by atoms with Crippen LogP contribution in [-0.4, -0.2) is 11.9 Å². The molecule has 3 nitrogen and oxygen atoms in total. The van der Waals surface area contributed by atoms with Crippen molar-refractivity contribution < 1.29 is 4.79 Å². The number of primary amides is 1. The second kappa shape index (κ2) is 6.10. The lowest BCUT2D eigenvalue weighted by molar-refractivity contribution is 0.1000. The van der Waals surface area contributed by atoms with Crippen molar-refractivity contribution in [2.24, 2.45) is 5.73 Å². The van der Waals surface area contributed by atoms with E-state index < -0.39 is 0 Å². The maximum absolute atomic E-state index is 11.2. The molecule has 1 aliphatic rings. The molecule has 1 amide bonds. The van der Waals surface area contributed by atoms with Gasteiger partial charge in [-0.25, -0.2) is 0 Å². The third kappa shape index (κ3) is 3.31. The number of amides is 1. The zero-order valence-electron chi connectivity index (χ0n) is 12.0. The Morgan fingerprint density at radius 3 is 2.57 bits per heavy atom. The quantitative estimate of drug-likeness (QED) is 0.885. The van der Waals surface area contributed by atoms with Gasteiger partial charge in [0.2, 0.25) is 5.91 Å². The van der Waals surface area contributed by atoms with E-state index >= 15 is 0 Å². The second-order valence-corrected chi connectivity index (χ2v) is 5.72. The summed E-state index contributed by atoms with van der Waals surface area (Å²) in [6.07, 6.45) is 2.36. The molecule has 3 heteroatoms. The lowest BCUT2D eigenvalue weighted by Crippen LogP contribution is -2.39. The van der Waals surface area contributed by atoms with E-state index in [0.29, 0.717) is 17.5 Å². The predicted octanol–water partition coefficient (Wildman–Crippen LogP) is 2.82. The molecule has 21 heavy (non-hydrogen) atoms. The Bertz CT molecular complexity index is 618. The summed E-state index contributed by atoms with van der Waals surface area (Å²) in [5.41, 5.74) is 8.42. The molecule has 0 saturated heterocycles. The van der Waals surface area contributed by atoms with Crippen LogP contribution >= 0.6 is 0 Å². The van der Waals surface area contributed by atoms with Crippen LogP contribution in [-0.2, 0) is 6.54 Å². The molecule has 2 aromatic carbocycles. The third-order valence-electron chi connectivity index (χ3n) is 4.22. The van der Waals surface area contributed by atoms with E-state index in [9.17, 15) is 4.79 Å². The van der Waals surface area contributed by atoms with Gasteiger partial charge in [0.25, 0.3) is 0 Å². The van der Waals surface area contributed by atoms with E-state index in [-0.39, 0.29) is 5.91 Å². The van der Waals surface area contributed by atoms with E-state index in [2.05, 4.69) is 35.6 Å². The molecule has 0 atom stereocenters. The fraction of sp³-hybridized carbons (Fsp3) is 0.278. The predicted molar refractivity (Wildman–Crippen MR) is 84.0 cm³/mol. The summed E-state index contributed by atoms with van der Waals surface area (Å²) in [4.78, 5) is 11.2. The van der Waals surface area contributed by atoms with Crippen molar-refractivity contribution in [3.05, 3.63) is 71.3 Å². The molecule has 0 radical (unpaired) electrons. The van der Waals surface area contributed by atoms with Gasteiger partial charge >= 0.3 is 0 Å². The molecule has 1 aliphatic carbocycles. The molecule has 0 aliphatic heterocycles. The standard InChI is InChI=1S/C18H20N2O/c19-18(21)15-8-4-5-13(9-15)12-20-17-10-16(11-17)14-6-2-1-3-7-14/h1-9,16-17,20H,10-12H2,(H2,19,21). The van der Waals surface area contributed by atoms with Gasteiger partial charge in [0.05, 0.1) is 0 Å². The summed E-state index contributed by atoms with van der Waals surface area (Å²) in [5.74, 6) is 0.310. The largest absolute Gasteiger partial charge is 0.366 e. The van der Waals surface area contributed by atoms with Crippen LogP contribution < -0.4 is 11.1 Å². The van der Waals surface area contributed by atoms with Gasteiger partial charge in [-0.2, -0.15) is 0 Å². The summed E-state index contributed by atoms with van der Waals surface area (Å²) < 4.78 is 0. The lowest BCUT2D eigenvalue weighted by Gasteiger charge is -2.36. The molecule has 0 spiro atoms. The summed E-state index contributed by atoms with van der Waals surface area (Å²) in [7, 11) is 0. The number of hydrogen-bond donors (Lipinski definition) is 2. The Kier molecular flexibility index (Phi) is 4.02. The number of carbonyl (C=O) groups excluding carboxylic acids is 1. The fourth-order valence-corrected chi connectivity index (χ4v) is 2.88. The number of nitrogens with two attached hydrogens (primary N) is 1. The fourth-order valence-electron chi connectivity index (χ4n) is 2.88. The van der Waals surface area contributed by atoms with Gasteiger partial charge in [-0.1, -0.05) is 42.5 Å². The number of benzene rings is 2. The second-order valence-electron chi connectivity index (χ2n) is 5.72. The molecule has 3 N–H and O–H groups in total. The Morgan fingerprint density at radius 1 is 1.10 bits per heavy atom. The van der Waals surface area contributed by atoms with Crippen molar-refractivity contribution in [1.29, 1.82) is 0 Å². The topological polar surface area (TPSA) is 55.1 Å². The van der Waals surface area contributed by atoms with Gasteiger partial charge in [-0.15, -0.1) is 0 Å². The first-order valence-electron chi connectivity index (χ1n) is 7.39. The van der Waals surface area contributed by atoms with Crippen molar-refractivity contribution in [2.45, 2.75) is 31.3 Å². The molecule has 1 fully saturated rings. The average molecular weight is 280 g/mol. The van der Waals surface area contributed by atoms with Crippen molar-refractivity contribution in [2.75, 3.05) is 0 Å². The summed E-state index contributed by atoms with van der Waals surface area (Å²) in [6, 6.07) is 18.8. The van der Waals surface area contributed by atoms with Gasteiger partial charge in [0.1, 0.15) is 0 Å². The van der Waals surface area contributed by atoms with Crippen LogP contribution in [0.25, 0.3) is 0 Å². The Hall–Kier alpha value is -2.13. The molecule has 3 rings (SSSR count). The SMILES string of the molecule is NC(=O)c1cccc(CNC2CC(c3ccccc3)C2)c1. The Labute approximate surface area is 125 Å². The number of hydrogen-bond acceptors (Lipinski definition) is 2. The molecular weight excluding hydrogens is 260 g/mol. The summed E-state index contributed by atoms with van der Waals surface area (Å²) >= 11 is 0. The summed E-state index contributed by atoms with van der Waals surface area (Å²) in [5, 5.41) is 3.55. The molecule has 2 aromatic rings. The molecule has 0 unspecified atom stereocenters. The smallest absolute Gasteiger partial charge is 0.248 e. The first kappa shape index (κ1) is 13.8. The minimum absolute atomic E-state index is 0.371. The van der Waals surface area contributed by atoms with Gasteiger partial charge in [-0.05, 0) is 42.0 Å². The summed E-state index contributed by atoms with van der Waals surface area (Å²) in [6.45, 7) is 0.785. The van der Waals surface area contributed by atoms with Crippen molar-refractivity contribution in [3.63, 3.8) is 0 Å². The highest BCUT2D eigenvalue weighted by Gasteiger charge is 2.29. The third-order valence-corrected chi connectivity index (χ3v) is 4.22. The van der Waals surface area contributed by atoms with Gasteiger partial charge in [0, 0.05) is 18.2 Å². The van der Waals surface area contributed by atoms with Gasteiger partial charge < -0.3 is 11.1 Å². The Balaban J connectivity index is 1.49. The molecule has 0 aromatic heterocycles. The molecule has 108 valence electrons. The lowest BCUT2D eigenvalue weighted by atomic mass is 9.76. The van der Waals surface area contributed by atoms with Gasteiger partial charge in [0.15, 0.2) is 0 Å². The highest BCUT2D eigenvalue weighted by molar-refractivity contribution is 5.92. The van der Waals surface area contributed by atoms with Crippen molar-refractivity contribution >= 4 is 5.91 Å². The molecule has 0 heterocycles. The van der Waals surface area contributed by atoms with Crippen LogP contribution in [0.15, 0.2) is 54.6 Å². The molecule has 0 bridgehead atoms. The maximum atomic E-state index is 11.2. The first-order chi connectivity index (χ1) is 10.2. The van der Waals surface area contributed by atoms with Crippen LogP contribution in [0.1, 0.15) is 40.2 Å². The van der Waals surface area contributed by atoms with E-state index in [4.69, 9.17) is 5.73 Å². The number of rotatable bonds is 5. The van der Waals surface area contributed by atoms with E-state index in [1.54, 1.807) is 6.07 Å². The average Bonchev–Trinajstić information content (AvgIpc) is 2.47. The van der Waals surface area contributed by atoms with Crippen molar-refractivity contribution in [3.8, 4) is 0 Å². The van der Waals surface area contributed by atoms with Crippen LogP contribution in [0.3, 0.4) is 0 Å². The van der Waals surface area contributed by atoms with Gasteiger partial charge in [-0.3, -0.25) is 4.79 Å².